The molecule has 2 aromatic rings. The fraction of sp³-hybridized carbons (Fsp3) is 0.167. The van der Waals surface area contributed by atoms with Crippen molar-refractivity contribution in [2.24, 2.45) is 0 Å². The minimum Gasteiger partial charge on any atom is -0.484 e. The monoisotopic (exact) mass is 263 g/mol. The fourth-order valence-electron chi connectivity index (χ4n) is 1.31. The summed E-state index contributed by atoms with van der Waals surface area (Å²) in [4.78, 5) is 15.5. The second-order valence-corrected chi connectivity index (χ2v) is 4.34. The summed E-state index contributed by atoms with van der Waals surface area (Å²) in [6.07, 6.45) is 1.64. The normalized spacial score (nSPS) is 9.83. The molecule has 1 heterocycles. The second kappa shape index (κ2) is 6.02. The first-order chi connectivity index (χ1) is 8.78. The lowest BCUT2D eigenvalue weighted by molar-refractivity contribution is -0.118. The van der Waals surface area contributed by atoms with Crippen molar-refractivity contribution in [3.8, 4) is 5.75 Å². The highest BCUT2D eigenvalue weighted by molar-refractivity contribution is 7.13. The number of thiazole rings is 1. The lowest BCUT2D eigenvalue weighted by Gasteiger charge is -2.06. The van der Waals surface area contributed by atoms with E-state index in [4.69, 9.17) is 4.74 Å². The molecule has 0 spiro atoms. The van der Waals surface area contributed by atoms with E-state index < -0.39 is 0 Å². The fourth-order valence-corrected chi connectivity index (χ4v) is 1.85. The number of carbonyl (C=O) groups is 1. The molecule has 5 nitrogen and oxygen atoms in total. The number of benzene rings is 1. The zero-order valence-corrected chi connectivity index (χ0v) is 10.7. The van der Waals surface area contributed by atoms with Crippen LogP contribution in [0.1, 0.15) is 0 Å². The largest absolute Gasteiger partial charge is 0.484 e. The Balaban J connectivity index is 1.81. The number of carbonyl (C=O) groups excluding carboxylic acids is 1. The smallest absolute Gasteiger partial charge is 0.264 e. The van der Waals surface area contributed by atoms with Crippen LogP contribution >= 0.6 is 11.3 Å². The summed E-state index contributed by atoms with van der Waals surface area (Å²) < 4.78 is 5.35. The van der Waals surface area contributed by atoms with Crippen LogP contribution < -0.4 is 15.4 Å². The van der Waals surface area contributed by atoms with Crippen molar-refractivity contribution in [3.05, 3.63) is 35.8 Å². The highest BCUT2D eigenvalue weighted by Crippen LogP contribution is 2.15. The number of nitrogens with one attached hydrogen (secondary N) is 2. The second-order valence-electron chi connectivity index (χ2n) is 3.45. The summed E-state index contributed by atoms with van der Waals surface area (Å²) in [5.74, 6) is 0.436. The summed E-state index contributed by atoms with van der Waals surface area (Å²) in [5, 5.41) is 8.03. The molecule has 0 aliphatic carbocycles. The molecule has 1 aromatic carbocycles. The molecule has 2 rings (SSSR count). The minimum absolute atomic E-state index is 0.0293. The molecule has 0 fully saturated rings. The number of aromatic nitrogens is 1. The Labute approximate surface area is 109 Å². The molecule has 1 amide bonds. The predicted octanol–water partition coefficient (Wildman–Crippen LogP) is 2.20. The first-order valence-corrected chi connectivity index (χ1v) is 6.26. The number of hydrogen-bond acceptors (Lipinski definition) is 5. The van der Waals surface area contributed by atoms with Gasteiger partial charge in [0.25, 0.3) is 5.91 Å². The molecular formula is C12H13N3O2S. The van der Waals surface area contributed by atoms with Crippen LogP contribution in [-0.2, 0) is 4.79 Å². The van der Waals surface area contributed by atoms with E-state index in [1.807, 2.05) is 31.3 Å². The van der Waals surface area contributed by atoms with Gasteiger partial charge in [0.15, 0.2) is 11.7 Å². The number of hydrogen-bond donors (Lipinski definition) is 2. The number of nitrogens with zero attached hydrogens (tertiary/aromatic N) is 1. The van der Waals surface area contributed by atoms with E-state index in [1.54, 1.807) is 11.6 Å². The Hall–Kier alpha value is -2.08. The number of rotatable bonds is 5. The molecule has 18 heavy (non-hydrogen) atoms. The van der Waals surface area contributed by atoms with Crippen molar-refractivity contribution < 1.29 is 9.53 Å². The van der Waals surface area contributed by atoms with Crippen molar-refractivity contribution in [2.45, 2.75) is 0 Å². The molecule has 2 N–H and O–H groups in total. The van der Waals surface area contributed by atoms with Crippen LogP contribution in [0.5, 0.6) is 5.75 Å². The average Bonchev–Trinajstić information content (AvgIpc) is 2.90. The first-order valence-electron chi connectivity index (χ1n) is 5.38. The molecule has 0 aliphatic heterocycles. The number of amides is 1. The molecule has 0 bridgehead atoms. The molecular weight excluding hydrogens is 250 g/mol. The van der Waals surface area contributed by atoms with Gasteiger partial charge in [-0.25, -0.2) is 4.98 Å². The van der Waals surface area contributed by atoms with Crippen molar-refractivity contribution in [2.75, 3.05) is 24.3 Å². The summed E-state index contributed by atoms with van der Waals surface area (Å²) in [5.41, 5.74) is 0.995. The van der Waals surface area contributed by atoms with Crippen LogP contribution in [0.4, 0.5) is 10.8 Å². The van der Waals surface area contributed by atoms with Gasteiger partial charge in [-0.3, -0.25) is 10.1 Å². The highest BCUT2D eigenvalue weighted by atomic mass is 32.1. The van der Waals surface area contributed by atoms with Gasteiger partial charge in [0, 0.05) is 24.3 Å². The maximum atomic E-state index is 11.5. The Morgan fingerprint density at radius 3 is 2.78 bits per heavy atom. The van der Waals surface area contributed by atoms with Gasteiger partial charge in [0.2, 0.25) is 0 Å². The van der Waals surface area contributed by atoms with Crippen molar-refractivity contribution >= 4 is 28.1 Å². The quantitative estimate of drug-likeness (QED) is 0.868. The van der Waals surface area contributed by atoms with E-state index in [2.05, 4.69) is 15.6 Å². The van der Waals surface area contributed by atoms with Crippen LogP contribution in [0, 0.1) is 0 Å². The molecule has 0 saturated heterocycles. The average molecular weight is 263 g/mol. The SMILES string of the molecule is CNc1ccc(OCC(=O)Nc2nccs2)cc1. The third kappa shape index (κ3) is 3.46. The van der Waals surface area contributed by atoms with Crippen LogP contribution in [-0.4, -0.2) is 24.5 Å². The van der Waals surface area contributed by atoms with Crippen LogP contribution in [0.3, 0.4) is 0 Å². The molecule has 1 aromatic heterocycles. The van der Waals surface area contributed by atoms with E-state index in [0.717, 1.165) is 5.69 Å². The van der Waals surface area contributed by atoms with Crippen molar-refractivity contribution in [1.82, 2.24) is 4.98 Å². The summed E-state index contributed by atoms with van der Waals surface area (Å²) in [6.45, 7) is -0.0293. The van der Waals surface area contributed by atoms with E-state index in [0.29, 0.717) is 10.9 Å². The molecule has 0 radical (unpaired) electrons. The minimum atomic E-state index is -0.220. The molecule has 0 unspecified atom stereocenters. The maximum Gasteiger partial charge on any atom is 0.264 e. The Bertz CT molecular complexity index is 497. The molecule has 0 saturated carbocycles. The Morgan fingerprint density at radius 2 is 2.17 bits per heavy atom. The standard InChI is InChI=1S/C12H13N3O2S/c1-13-9-2-4-10(5-3-9)17-8-11(16)15-12-14-6-7-18-12/h2-7,13H,8H2,1H3,(H,14,15,16). The summed E-state index contributed by atoms with van der Waals surface area (Å²) in [6, 6.07) is 7.38. The first kappa shape index (κ1) is 12.4. The van der Waals surface area contributed by atoms with Crippen molar-refractivity contribution in [1.29, 1.82) is 0 Å². The van der Waals surface area contributed by atoms with Gasteiger partial charge < -0.3 is 10.1 Å². The predicted molar refractivity (Wildman–Crippen MR) is 72.2 cm³/mol. The van der Waals surface area contributed by atoms with E-state index in [9.17, 15) is 4.79 Å². The topological polar surface area (TPSA) is 63.2 Å². The van der Waals surface area contributed by atoms with Gasteiger partial charge in [-0.05, 0) is 24.3 Å². The lowest BCUT2D eigenvalue weighted by Crippen LogP contribution is -2.19. The highest BCUT2D eigenvalue weighted by Gasteiger charge is 2.04. The van der Waals surface area contributed by atoms with E-state index in [1.165, 1.54) is 11.3 Å². The molecule has 94 valence electrons. The third-order valence-corrected chi connectivity index (χ3v) is 2.88. The Morgan fingerprint density at radius 1 is 1.39 bits per heavy atom. The van der Waals surface area contributed by atoms with Crippen molar-refractivity contribution in [3.63, 3.8) is 0 Å². The molecule has 0 aliphatic rings. The zero-order chi connectivity index (χ0) is 12.8. The van der Waals surface area contributed by atoms with E-state index >= 15 is 0 Å². The zero-order valence-electron chi connectivity index (χ0n) is 9.84. The van der Waals surface area contributed by atoms with Crippen LogP contribution in [0.15, 0.2) is 35.8 Å². The van der Waals surface area contributed by atoms with Gasteiger partial charge in [-0.15, -0.1) is 11.3 Å². The number of ether oxygens (including phenoxy) is 1. The van der Waals surface area contributed by atoms with E-state index in [-0.39, 0.29) is 12.5 Å². The van der Waals surface area contributed by atoms with Crippen LogP contribution in [0.2, 0.25) is 0 Å². The van der Waals surface area contributed by atoms with Gasteiger partial charge in [0.1, 0.15) is 5.75 Å². The van der Waals surface area contributed by atoms with Gasteiger partial charge in [0.05, 0.1) is 0 Å². The molecule has 0 atom stereocenters. The Kier molecular flexibility index (Phi) is 4.14. The number of anilines is 2. The lowest BCUT2D eigenvalue weighted by atomic mass is 10.3. The maximum absolute atomic E-state index is 11.5. The third-order valence-electron chi connectivity index (χ3n) is 2.19. The van der Waals surface area contributed by atoms with Gasteiger partial charge >= 0.3 is 0 Å². The summed E-state index contributed by atoms with van der Waals surface area (Å²) >= 11 is 1.37. The van der Waals surface area contributed by atoms with Crippen LogP contribution in [0.25, 0.3) is 0 Å². The molecule has 6 heteroatoms. The van der Waals surface area contributed by atoms with Gasteiger partial charge in [-0.2, -0.15) is 0 Å². The van der Waals surface area contributed by atoms with Gasteiger partial charge in [-0.1, -0.05) is 0 Å². The summed E-state index contributed by atoms with van der Waals surface area (Å²) in [7, 11) is 1.84.